The van der Waals surface area contributed by atoms with Crippen LogP contribution in [0.15, 0.2) is 42.5 Å². The Morgan fingerprint density at radius 3 is 2.62 bits per heavy atom. The lowest BCUT2D eigenvalue weighted by molar-refractivity contribution is -0.384. The number of halogens is 1. The first kappa shape index (κ1) is 16.0. The van der Waals surface area contributed by atoms with Crippen molar-refractivity contribution in [2.24, 2.45) is 0 Å². The molecule has 0 saturated carbocycles. The highest BCUT2D eigenvalue weighted by Gasteiger charge is 2.15. The number of ether oxygens (including phenoxy) is 2. The van der Waals surface area contributed by atoms with E-state index in [9.17, 15) is 14.9 Å². The van der Waals surface area contributed by atoms with Gasteiger partial charge in [0.1, 0.15) is 18.2 Å². The van der Waals surface area contributed by atoms with Gasteiger partial charge in [0.2, 0.25) is 0 Å². The quantitative estimate of drug-likeness (QED) is 0.363. The molecule has 0 amide bonds. The van der Waals surface area contributed by atoms with Crippen molar-refractivity contribution in [3.63, 3.8) is 0 Å². The van der Waals surface area contributed by atoms with Crippen molar-refractivity contribution in [2.75, 3.05) is 13.2 Å². The molecule has 24 heavy (non-hydrogen) atoms. The van der Waals surface area contributed by atoms with Crippen molar-refractivity contribution in [1.29, 1.82) is 0 Å². The lowest BCUT2D eigenvalue weighted by Crippen LogP contribution is -2.15. The summed E-state index contributed by atoms with van der Waals surface area (Å²) < 4.78 is 10.9. The van der Waals surface area contributed by atoms with E-state index < -0.39 is 4.92 Å². The van der Waals surface area contributed by atoms with Gasteiger partial charge in [0.25, 0.3) is 5.69 Å². The van der Waals surface area contributed by atoms with E-state index in [4.69, 9.17) is 21.1 Å². The average Bonchev–Trinajstić information content (AvgIpc) is 2.59. The van der Waals surface area contributed by atoms with E-state index in [-0.39, 0.29) is 22.1 Å². The van der Waals surface area contributed by atoms with Crippen LogP contribution in [0.3, 0.4) is 0 Å². The van der Waals surface area contributed by atoms with Gasteiger partial charge in [0.15, 0.2) is 17.3 Å². The van der Waals surface area contributed by atoms with Crippen LogP contribution < -0.4 is 9.47 Å². The summed E-state index contributed by atoms with van der Waals surface area (Å²) in [6.45, 7) is 0.990. The Labute approximate surface area is 142 Å². The zero-order chi connectivity index (χ0) is 17.1. The van der Waals surface area contributed by atoms with Crippen LogP contribution in [0, 0.1) is 10.1 Å². The summed E-state index contributed by atoms with van der Waals surface area (Å²) in [6, 6.07) is 9.28. The third kappa shape index (κ3) is 3.38. The van der Waals surface area contributed by atoms with Gasteiger partial charge in [-0.25, -0.2) is 0 Å². The number of carbonyl (C=O) groups excluding carboxylic acids is 1. The van der Waals surface area contributed by atoms with Crippen molar-refractivity contribution in [3.8, 4) is 11.5 Å². The maximum Gasteiger partial charge on any atom is 0.288 e. The van der Waals surface area contributed by atoms with Crippen molar-refractivity contribution < 1.29 is 19.2 Å². The van der Waals surface area contributed by atoms with Gasteiger partial charge in [0, 0.05) is 11.6 Å². The van der Waals surface area contributed by atoms with Gasteiger partial charge in [-0.2, -0.15) is 0 Å². The number of ketones is 1. The number of nitrogens with zero attached hydrogens (tertiary/aromatic N) is 1. The zero-order valence-electron chi connectivity index (χ0n) is 12.4. The normalized spacial score (nSPS) is 13.0. The van der Waals surface area contributed by atoms with Gasteiger partial charge in [-0.05, 0) is 35.9 Å². The van der Waals surface area contributed by atoms with E-state index in [1.807, 2.05) is 0 Å². The molecule has 0 bridgehead atoms. The van der Waals surface area contributed by atoms with Crippen molar-refractivity contribution in [3.05, 3.63) is 68.7 Å². The van der Waals surface area contributed by atoms with Gasteiger partial charge in [-0.15, -0.1) is 0 Å². The fourth-order valence-electron chi connectivity index (χ4n) is 2.24. The van der Waals surface area contributed by atoms with E-state index in [2.05, 4.69) is 0 Å². The number of allylic oxidation sites excluding steroid dienone is 1. The van der Waals surface area contributed by atoms with Crippen molar-refractivity contribution in [2.45, 2.75) is 0 Å². The lowest BCUT2D eigenvalue weighted by atomic mass is 10.1. The molecule has 0 atom stereocenters. The molecule has 122 valence electrons. The molecule has 7 heteroatoms. The fraction of sp³-hybridized carbons (Fsp3) is 0.118. The van der Waals surface area contributed by atoms with Gasteiger partial charge in [-0.1, -0.05) is 23.7 Å². The van der Waals surface area contributed by atoms with Crippen LogP contribution in [0.4, 0.5) is 5.69 Å². The number of rotatable bonds is 4. The molecule has 0 aromatic heterocycles. The van der Waals surface area contributed by atoms with Crippen molar-refractivity contribution >= 4 is 29.1 Å². The van der Waals surface area contributed by atoms with Crippen LogP contribution in [-0.4, -0.2) is 23.9 Å². The maximum absolute atomic E-state index is 12.2. The summed E-state index contributed by atoms with van der Waals surface area (Å²) in [5.74, 6) is 0.931. The number of fused-ring (bicyclic) bond motifs is 1. The molecule has 0 spiro atoms. The van der Waals surface area contributed by atoms with Gasteiger partial charge < -0.3 is 9.47 Å². The molecule has 1 heterocycles. The van der Waals surface area contributed by atoms with Crippen LogP contribution in [0.1, 0.15) is 15.9 Å². The number of nitro benzene ring substituents is 1. The fourth-order valence-corrected chi connectivity index (χ4v) is 2.42. The summed E-state index contributed by atoms with van der Waals surface area (Å²) in [5.41, 5.74) is 0.659. The van der Waals surface area contributed by atoms with E-state index >= 15 is 0 Å². The molecule has 0 N–H and O–H groups in total. The molecule has 3 rings (SSSR count). The highest BCUT2D eigenvalue weighted by Crippen LogP contribution is 2.31. The Bertz CT molecular complexity index is 847. The molecular weight excluding hydrogens is 334 g/mol. The third-order valence-corrected chi connectivity index (χ3v) is 3.74. The zero-order valence-corrected chi connectivity index (χ0v) is 13.2. The minimum atomic E-state index is -0.621. The molecule has 6 nitrogen and oxygen atoms in total. The maximum atomic E-state index is 12.2. The van der Waals surface area contributed by atoms with Crippen LogP contribution >= 0.6 is 11.6 Å². The Morgan fingerprint density at radius 2 is 1.88 bits per heavy atom. The van der Waals surface area contributed by atoms with Crippen LogP contribution in [0.25, 0.3) is 6.08 Å². The molecule has 0 aliphatic carbocycles. The second-order valence-electron chi connectivity index (χ2n) is 5.02. The molecule has 0 radical (unpaired) electrons. The summed E-state index contributed by atoms with van der Waals surface area (Å²) >= 11 is 5.74. The number of benzene rings is 2. The lowest BCUT2D eigenvalue weighted by Gasteiger charge is -2.18. The van der Waals surface area contributed by atoms with Gasteiger partial charge in [-0.3, -0.25) is 14.9 Å². The molecule has 0 fully saturated rings. The largest absolute Gasteiger partial charge is 0.486 e. The predicted molar refractivity (Wildman–Crippen MR) is 88.9 cm³/mol. The topological polar surface area (TPSA) is 78.7 Å². The summed E-state index contributed by atoms with van der Waals surface area (Å²) in [4.78, 5) is 22.4. The third-order valence-electron chi connectivity index (χ3n) is 3.42. The summed E-state index contributed by atoms with van der Waals surface area (Å²) in [6.07, 6.45) is 2.96. The summed E-state index contributed by atoms with van der Waals surface area (Å²) in [5, 5.41) is 10.9. The van der Waals surface area contributed by atoms with E-state index in [1.54, 1.807) is 24.3 Å². The first-order valence-corrected chi connectivity index (χ1v) is 7.48. The van der Waals surface area contributed by atoms with E-state index in [0.29, 0.717) is 24.7 Å². The Balaban J connectivity index is 1.80. The molecule has 0 saturated heterocycles. The van der Waals surface area contributed by atoms with E-state index in [1.165, 1.54) is 24.3 Å². The van der Waals surface area contributed by atoms with E-state index in [0.717, 1.165) is 5.56 Å². The van der Waals surface area contributed by atoms with Crippen LogP contribution in [0.2, 0.25) is 5.02 Å². The average molecular weight is 346 g/mol. The number of carbonyl (C=O) groups is 1. The number of nitro groups is 1. The molecular formula is C17H12ClNO5. The van der Waals surface area contributed by atoms with Crippen LogP contribution in [0.5, 0.6) is 11.5 Å². The number of hydrogen-bond acceptors (Lipinski definition) is 5. The Morgan fingerprint density at radius 1 is 1.12 bits per heavy atom. The monoisotopic (exact) mass is 345 g/mol. The number of hydrogen-bond donors (Lipinski definition) is 0. The summed E-state index contributed by atoms with van der Waals surface area (Å²) in [7, 11) is 0. The Kier molecular flexibility index (Phi) is 4.48. The standard InChI is InChI=1S/C17H12ClNO5/c18-13-4-3-12(10-14(13)19(21)22)15(20)5-1-11-2-6-16-17(9-11)24-8-7-23-16/h1-6,9-10H,7-8H2. The minimum Gasteiger partial charge on any atom is -0.486 e. The predicted octanol–water partition coefficient (Wildman–Crippen LogP) is 3.92. The second-order valence-corrected chi connectivity index (χ2v) is 5.43. The Hall–Kier alpha value is -2.86. The van der Waals surface area contributed by atoms with Gasteiger partial charge >= 0.3 is 0 Å². The molecule has 2 aromatic carbocycles. The smallest absolute Gasteiger partial charge is 0.288 e. The highest BCUT2D eigenvalue weighted by molar-refractivity contribution is 6.32. The van der Waals surface area contributed by atoms with Crippen molar-refractivity contribution in [1.82, 2.24) is 0 Å². The first-order chi connectivity index (χ1) is 11.5. The highest BCUT2D eigenvalue weighted by atomic mass is 35.5. The molecule has 2 aromatic rings. The molecule has 1 aliphatic heterocycles. The first-order valence-electron chi connectivity index (χ1n) is 7.10. The molecule has 1 aliphatic rings. The minimum absolute atomic E-state index is 0.00707. The van der Waals surface area contributed by atoms with Gasteiger partial charge in [0.05, 0.1) is 4.92 Å². The second kappa shape index (κ2) is 6.72. The molecule has 0 unspecified atom stereocenters. The van der Waals surface area contributed by atoms with Crippen LogP contribution in [-0.2, 0) is 0 Å². The SMILES string of the molecule is O=C(C=Cc1ccc2c(c1)OCCO2)c1ccc(Cl)c([N+](=O)[O-])c1.